The molecule has 1 fully saturated rings. The first-order valence-electron chi connectivity index (χ1n) is 11.2. The second kappa shape index (κ2) is 8.96. The molecule has 8 heteroatoms. The van der Waals surface area contributed by atoms with Crippen LogP contribution < -0.4 is 9.64 Å². The molecule has 7 nitrogen and oxygen atoms in total. The van der Waals surface area contributed by atoms with Gasteiger partial charge in [-0.05, 0) is 74.4 Å². The highest BCUT2D eigenvalue weighted by Gasteiger charge is 2.48. The van der Waals surface area contributed by atoms with E-state index in [9.17, 15) is 14.7 Å². The zero-order valence-electron chi connectivity index (χ0n) is 19.5. The van der Waals surface area contributed by atoms with E-state index in [-0.39, 0.29) is 11.3 Å². The number of fused-ring (bicyclic) bond motifs is 1. The van der Waals surface area contributed by atoms with Gasteiger partial charge >= 0.3 is 5.91 Å². The van der Waals surface area contributed by atoms with Crippen molar-refractivity contribution in [1.82, 2.24) is 9.97 Å². The third kappa shape index (κ3) is 3.95. The molecule has 176 valence electrons. The summed E-state index contributed by atoms with van der Waals surface area (Å²) < 4.78 is 6.39. The molecule has 1 aliphatic heterocycles. The number of carbonyl (C=O) groups excluding carboxylic acids is 2. The highest BCUT2D eigenvalue weighted by Crippen LogP contribution is 2.44. The fourth-order valence-electron chi connectivity index (χ4n) is 4.34. The number of Topliss-reactive ketones (excluding diaryl/α,β-unsaturated/α-hetero) is 1. The number of benzene rings is 2. The van der Waals surface area contributed by atoms with Gasteiger partial charge in [0, 0.05) is 11.8 Å². The van der Waals surface area contributed by atoms with Crippen molar-refractivity contribution in [1.29, 1.82) is 0 Å². The Labute approximate surface area is 206 Å². The molecule has 3 heterocycles. The summed E-state index contributed by atoms with van der Waals surface area (Å²) >= 11 is 1.34. The summed E-state index contributed by atoms with van der Waals surface area (Å²) in [6, 6.07) is 15.1. The molecule has 0 aliphatic carbocycles. The first-order valence-corrected chi connectivity index (χ1v) is 12.0. The van der Waals surface area contributed by atoms with E-state index in [4.69, 9.17) is 9.72 Å². The average Bonchev–Trinajstić information content (AvgIpc) is 3.38. The Morgan fingerprint density at radius 2 is 1.89 bits per heavy atom. The molecule has 0 spiro atoms. The van der Waals surface area contributed by atoms with Crippen molar-refractivity contribution < 1.29 is 19.4 Å². The van der Waals surface area contributed by atoms with Crippen LogP contribution in [0.25, 0.3) is 16.0 Å². The van der Waals surface area contributed by atoms with E-state index < -0.39 is 17.7 Å². The first-order chi connectivity index (χ1) is 16.9. The van der Waals surface area contributed by atoms with Gasteiger partial charge in [-0.3, -0.25) is 19.5 Å². The number of rotatable bonds is 5. The van der Waals surface area contributed by atoms with E-state index in [1.54, 1.807) is 48.7 Å². The van der Waals surface area contributed by atoms with Crippen molar-refractivity contribution in [3.05, 3.63) is 88.8 Å². The average molecular weight is 486 g/mol. The van der Waals surface area contributed by atoms with E-state index in [0.29, 0.717) is 28.7 Å². The van der Waals surface area contributed by atoms with Gasteiger partial charge in [-0.15, -0.1) is 0 Å². The van der Waals surface area contributed by atoms with Crippen molar-refractivity contribution >= 4 is 44.1 Å². The minimum absolute atomic E-state index is 0.0231. The summed E-state index contributed by atoms with van der Waals surface area (Å²) in [5, 5.41) is 11.6. The number of ketones is 1. The fourth-order valence-corrected chi connectivity index (χ4v) is 5.51. The number of nitrogens with zero attached hydrogens (tertiary/aromatic N) is 3. The van der Waals surface area contributed by atoms with Crippen LogP contribution in [0, 0.1) is 13.8 Å². The largest absolute Gasteiger partial charge is 0.507 e. The van der Waals surface area contributed by atoms with Crippen LogP contribution in [-0.2, 0) is 9.59 Å². The standard InChI is InChI=1S/C27H23N3O4S/c1-4-34-18-10-8-17(9-11-18)24(31)21-23(19-7-5-6-12-28-19)30(26(33)25(21)32)27-29-22-16(3)13-15(2)14-20(22)35-27/h5-14,23,31H,4H2,1-3H3/t23-/m1/s1. The molecule has 0 saturated carbocycles. The van der Waals surface area contributed by atoms with E-state index in [1.165, 1.54) is 16.2 Å². The molecule has 1 atom stereocenters. The molecule has 0 bridgehead atoms. The van der Waals surface area contributed by atoms with Gasteiger partial charge in [-0.1, -0.05) is 23.5 Å². The van der Waals surface area contributed by atoms with E-state index in [1.807, 2.05) is 32.9 Å². The quantitative estimate of drug-likeness (QED) is 0.233. The van der Waals surface area contributed by atoms with Crippen molar-refractivity contribution in [2.24, 2.45) is 0 Å². The van der Waals surface area contributed by atoms with Crippen LogP contribution >= 0.6 is 11.3 Å². The van der Waals surface area contributed by atoms with Crippen molar-refractivity contribution in [2.75, 3.05) is 11.5 Å². The predicted molar refractivity (Wildman–Crippen MR) is 136 cm³/mol. The zero-order chi connectivity index (χ0) is 24.7. The van der Waals surface area contributed by atoms with Crippen LogP contribution in [-0.4, -0.2) is 33.4 Å². The number of carbonyl (C=O) groups is 2. The molecule has 5 rings (SSSR count). The Hall–Kier alpha value is -4.04. The maximum atomic E-state index is 13.4. The van der Waals surface area contributed by atoms with Gasteiger partial charge in [0.2, 0.25) is 0 Å². The normalized spacial score (nSPS) is 17.3. The van der Waals surface area contributed by atoms with Crippen LogP contribution in [0.3, 0.4) is 0 Å². The minimum atomic E-state index is -0.912. The van der Waals surface area contributed by atoms with E-state index >= 15 is 0 Å². The number of aliphatic hydroxyl groups is 1. The number of ether oxygens (including phenoxy) is 1. The summed E-state index contributed by atoms with van der Waals surface area (Å²) in [4.78, 5) is 37.2. The van der Waals surface area contributed by atoms with Crippen molar-refractivity contribution in [3.8, 4) is 5.75 Å². The molecule has 1 amide bonds. The minimum Gasteiger partial charge on any atom is -0.507 e. The number of aliphatic hydroxyl groups excluding tert-OH is 1. The maximum Gasteiger partial charge on any atom is 0.301 e. The third-order valence-electron chi connectivity index (χ3n) is 5.88. The van der Waals surface area contributed by atoms with Gasteiger partial charge in [0.25, 0.3) is 5.78 Å². The second-order valence-electron chi connectivity index (χ2n) is 8.31. The summed E-state index contributed by atoms with van der Waals surface area (Å²) in [6.45, 7) is 6.36. The Morgan fingerprint density at radius 1 is 1.11 bits per heavy atom. The van der Waals surface area contributed by atoms with E-state index in [0.717, 1.165) is 21.3 Å². The lowest BCUT2D eigenvalue weighted by molar-refractivity contribution is -0.132. The lowest BCUT2D eigenvalue weighted by atomic mass is 9.98. The molecular weight excluding hydrogens is 462 g/mol. The van der Waals surface area contributed by atoms with Gasteiger partial charge in [0.15, 0.2) is 5.13 Å². The second-order valence-corrected chi connectivity index (χ2v) is 9.32. The van der Waals surface area contributed by atoms with E-state index in [2.05, 4.69) is 4.98 Å². The van der Waals surface area contributed by atoms with Crippen LogP contribution in [0.1, 0.15) is 35.3 Å². The number of amides is 1. The fraction of sp³-hybridized carbons (Fsp3) is 0.185. The Bertz CT molecular complexity index is 1480. The molecule has 0 radical (unpaired) electrons. The van der Waals surface area contributed by atoms with Gasteiger partial charge in [-0.25, -0.2) is 4.98 Å². The summed E-state index contributed by atoms with van der Waals surface area (Å²) in [6.07, 6.45) is 1.60. The molecule has 1 aliphatic rings. The zero-order valence-corrected chi connectivity index (χ0v) is 20.3. The topological polar surface area (TPSA) is 92.6 Å². The third-order valence-corrected chi connectivity index (χ3v) is 6.88. The molecule has 2 aromatic carbocycles. The van der Waals surface area contributed by atoms with Crippen LogP contribution in [0.4, 0.5) is 5.13 Å². The number of aromatic nitrogens is 2. The molecule has 1 saturated heterocycles. The monoisotopic (exact) mass is 485 g/mol. The highest BCUT2D eigenvalue weighted by atomic mass is 32.1. The maximum absolute atomic E-state index is 13.4. The molecule has 1 N–H and O–H groups in total. The molecule has 2 aromatic heterocycles. The summed E-state index contributed by atoms with van der Waals surface area (Å²) in [5.74, 6) is -1.15. The highest BCUT2D eigenvalue weighted by molar-refractivity contribution is 7.22. The molecule has 35 heavy (non-hydrogen) atoms. The number of thiazole rings is 1. The number of hydrogen-bond donors (Lipinski definition) is 1. The SMILES string of the molecule is CCOc1ccc(C(O)=C2C(=O)C(=O)N(c3nc4c(C)cc(C)cc4s3)[C@@H]2c2ccccn2)cc1. The lowest BCUT2D eigenvalue weighted by Gasteiger charge is -2.22. The van der Waals surface area contributed by atoms with Crippen LogP contribution in [0.5, 0.6) is 5.75 Å². The van der Waals surface area contributed by atoms with Gasteiger partial charge in [-0.2, -0.15) is 0 Å². The van der Waals surface area contributed by atoms with Gasteiger partial charge in [0.05, 0.1) is 28.1 Å². The Balaban J connectivity index is 1.68. The summed E-state index contributed by atoms with van der Waals surface area (Å²) in [5.41, 5.74) is 3.70. The van der Waals surface area contributed by atoms with Crippen molar-refractivity contribution in [2.45, 2.75) is 26.8 Å². The molecular formula is C27H23N3O4S. The number of anilines is 1. The smallest absolute Gasteiger partial charge is 0.301 e. The Kier molecular flexibility index (Phi) is 5.82. The number of hydrogen-bond acceptors (Lipinski definition) is 7. The first kappa shape index (κ1) is 22.7. The van der Waals surface area contributed by atoms with Gasteiger partial charge in [0.1, 0.15) is 17.6 Å². The molecule has 0 unspecified atom stereocenters. The van der Waals surface area contributed by atoms with Crippen LogP contribution in [0.15, 0.2) is 66.4 Å². The number of pyridine rings is 1. The van der Waals surface area contributed by atoms with Gasteiger partial charge < -0.3 is 9.84 Å². The van der Waals surface area contributed by atoms with Crippen LogP contribution in [0.2, 0.25) is 0 Å². The lowest BCUT2D eigenvalue weighted by Crippen LogP contribution is -2.29. The molecule has 4 aromatic rings. The van der Waals surface area contributed by atoms with Crippen molar-refractivity contribution in [3.63, 3.8) is 0 Å². The summed E-state index contributed by atoms with van der Waals surface area (Å²) in [7, 11) is 0. The Morgan fingerprint density at radius 3 is 2.57 bits per heavy atom. The predicted octanol–water partition coefficient (Wildman–Crippen LogP) is 5.33. The number of aryl methyl sites for hydroxylation is 2.